The number of hydrogen-bond donors (Lipinski definition) is 1. The SMILES string of the molecule is CCS(=O)(=O)N(Cc1ccc(-c2nnc(C(F)F)o2)cn1)c1cccc(Br)c1.CCS(=O)(=O)N(Cc1ccc(C(=O)CN)cn1)c1cccc(Br)c1. The van der Waals surface area contributed by atoms with Gasteiger partial charge in [0.25, 0.3) is 5.89 Å². The molecule has 0 atom stereocenters. The van der Waals surface area contributed by atoms with Crippen molar-refractivity contribution in [3.05, 3.63) is 117 Å². The van der Waals surface area contributed by atoms with E-state index < -0.39 is 32.4 Å². The Morgan fingerprint density at radius 1 is 0.788 bits per heavy atom. The summed E-state index contributed by atoms with van der Waals surface area (Å²) in [4.78, 5) is 19.9. The molecule has 3 heterocycles. The Hall–Kier alpha value is -4.17. The number of ketones is 1. The number of alkyl halides is 2. The number of carbonyl (C=O) groups is 1. The smallest absolute Gasteiger partial charge is 0.314 e. The summed E-state index contributed by atoms with van der Waals surface area (Å²) in [7, 11) is -7.02. The van der Waals surface area contributed by atoms with Gasteiger partial charge in [-0.25, -0.2) is 16.8 Å². The minimum absolute atomic E-state index is 0.0129. The van der Waals surface area contributed by atoms with Crippen LogP contribution in [0.15, 0.2) is 98.6 Å². The fourth-order valence-corrected chi connectivity index (χ4v) is 7.38. The quantitative estimate of drug-likeness (QED) is 0.120. The van der Waals surface area contributed by atoms with Gasteiger partial charge in [0.2, 0.25) is 25.9 Å². The van der Waals surface area contributed by atoms with Crippen molar-refractivity contribution >= 4 is 69.1 Å². The summed E-state index contributed by atoms with van der Waals surface area (Å²) in [5, 5.41) is 6.83. The van der Waals surface area contributed by atoms with Gasteiger partial charge in [-0.15, -0.1) is 10.2 Å². The van der Waals surface area contributed by atoms with Crippen LogP contribution in [0.4, 0.5) is 20.2 Å². The molecule has 0 aliphatic heterocycles. The molecular weight excluding hydrogens is 852 g/mol. The van der Waals surface area contributed by atoms with Crippen molar-refractivity contribution in [1.82, 2.24) is 20.2 Å². The molecule has 0 aliphatic rings. The molecule has 3 aromatic heterocycles. The Labute approximate surface area is 316 Å². The molecule has 5 rings (SSSR count). The molecule has 0 fully saturated rings. The molecule has 0 unspecified atom stereocenters. The third-order valence-electron chi connectivity index (χ3n) is 7.24. The average molecular weight is 886 g/mol. The average Bonchev–Trinajstić information content (AvgIpc) is 3.64. The molecule has 0 aliphatic carbocycles. The highest BCUT2D eigenvalue weighted by atomic mass is 79.9. The van der Waals surface area contributed by atoms with E-state index in [9.17, 15) is 30.4 Å². The highest BCUT2D eigenvalue weighted by Gasteiger charge is 2.24. The second kappa shape index (κ2) is 18.0. The van der Waals surface area contributed by atoms with Gasteiger partial charge in [0.15, 0.2) is 5.78 Å². The zero-order chi connectivity index (χ0) is 38.1. The van der Waals surface area contributed by atoms with Crippen LogP contribution in [0.25, 0.3) is 11.5 Å². The van der Waals surface area contributed by atoms with Crippen molar-refractivity contribution < 1.29 is 34.8 Å². The molecule has 5 aromatic rings. The third kappa shape index (κ3) is 10.7. The van der Waals surface area contributed by atoms with E-state index in [1.54, 1.807) is 80.6 Å². The van der Waals surface area contributed by atoms with E-state index in [-0.39, 0.29) is 42.8 Å². The van der Waals surface area contributed by atoms with Crippen LogP contribution in [0.3, 0.4) is 0 Å². The Morgan fingerprint density at radius 3 is 1.69 bits per heavy atom. The van der Waals surface area contributed by atoms with Gasteiger partial charge in [0.1, 0.15) is 0 Å². The van der Waals surface area contributed by atoms with Crippen LogP contribution in [0.5, 0.6) is 0 Å². The van der Waals surface area contributed by atoms with E-state index in [1.807, 2.05) is 6.07 Å². The minimum atomic E-state index is -3.55. The predicted octanol–water partition coefficient (Wildman–Crippen LogP) is 6.53. The van der Waals surface area contributed by atoms with E-state index in [2.05, 4.69) is 52.0 Å². The molecule has 0 saturated carbocycles. The molecule has 2 N–H and O–H groups in total. The largest absolute Gasteiger partial charge is 0.415 e. The second-order valence-electron chi connectivity index (χ2n) is 10.7. The molecular formula is C33H33Br2F2N7O6S2. The molecule has 0 saturated heterocycles. The van der Waals surface area contributed by atoms with Crippen LogP contribution >= 0.6 is 31.9 Å². The Balaban J connectivity index is 0.000000236. The van der Waals surface area contributed by atoms with Gasteiger partial charge < -0.3 is 10.2 Å². The van der Waals surface area contributed by atoms with Crippen molar-refractivity contribution in [3.8, 4) is 11.5 Å². The number of hydrogen-bond acceptors (Lipinski definition) is 11. The van der Waals surface area contributed by atoms with Crippen LogP contribution in [0.1, 0.15) is 47.9 Å². The molecule has 2 aromatic carbocycles. The number of sulfonamides is 2. The van der Waals surface area contributed by atoms with Crippen molar-refractivity contribution in [2.45, 2.75) is 33.4 Å². The number of nitrogens with zero attached hydrogens (tertiary/aromatic N) is 6. The van der Waals surface area contributed by atoms with Crippen LogP contribution in [-0.2, 0) is 33.1 Å². The van der Waals surface area contributed by atoms with Gasteiger partial charge in [0.05, 0.1) is 59.5 Å². The first-order valence-electron chi connectivity index (χ1n) is 15.4. The fraction of sp³-hybridized carbons (Fsp3) is 0.242. The second-order valence-corrected chi connectivity index (χ2v) is 16.9. The normalized spacial score (nSPS) is 11.5. The van der Waals surface area contributed by atoms with Crippen molar-refractivity contribution in [1.29, 1.82) is 0 Å². The lowest BCUT2D eigenvalue weighted by Crippen LogP contribution is -2.32. The molecule has 276 valence electrons. The van der Waals surface area contributed by atoms with Gasteiger partial charge in [0, 0.05) is 26.9 Å². The van der Waals surface area contributed by atoms with E-state index in [4.69, 9.17) is 10.2 Å². The first-order valence-corrected chi connectivity index (χ1v) is 20.2. The number of nitrogens with two attached hydrogens (primary N) is 1. The Kier molecular flexibility index (Phi) is 14.1. The lowest BCUT2D eigenvalue weighted by molar-refractivity contribution is 0.100. The topological polar surface area (TPSA) is 183 Å². The summed E-state index contributed by atoms with van der Waals surface area (Å²) in [6.45, 7) is 3.17. The standard InChI is InChI=1S/C17H15BrF2N4O3S.C16H18BrN3O3S/c1-2-28(25,26)24(14-5-3-4-12(18)8-14)10-13-7-6-11(9-21-13)16-22-23-17(27-16)15(19)20;1-2-24(22,23)20(15-5-3-4-13(17)8-15)11-14-7-6-12(10-19-14)16(21)9-18/h3-9,15H,2,10H2,1H3;3-8,10H,2,9,11,18H2,1H3. The first kappa shape index (κ1) is 40.6. The lowest BCUT2D eigenvalue weighted by Gasteiger charge is -2.23. The maximum Gasteiger partial charge on any atom is 0.314 e. The van der Waals surface area contributed by atoms with Crippen LogP contribution in [-0.4, -0.2) is 60.8 Å². The maximum absolute atomic E-state index is 12.6. The number of pyridine rings is 2. The number of rotatable bonds is 14. The van der Waals surface area contributed by atoms with Gasteiger partial charge in [-0.05, 0) is 74.5 Å². The third-order valence-corrected chi connectivity index (χ3v) is 11.7. The number of halogens is 4. The number of Topliss-reactive ketones (excluding diaryl/α,β-unsaturated/α-hetero) is 1. The van der Waals surface area contributed by atoms with Crippen LogP contribution < -0.4 is 14.3 Å². The van der Waals surface area contributed by atoms with Crippen LogP contribution in [0.2, 0.25) is 0 Å². The Morgan fingerprint density at radius 2 is 1.31 bits per heavy atom. The summed E-state index contributed by atoms with van der Waals surface area (Å²) < 4.78 is 84.1. The maximum atomic E-state index is 12.6. The summed E-state index contributed by atoms with van der Waals surface area (Å²) in [6.07, 6.45) is -0.0655. The Bertz CT molecular complexity index is 2190. The van der Waals surface area contributed by atoms with Crippen molar-refractivity contribution in [3.63, 3.8) is 0 Å². The van der Waals surface area contributed by atoms with Crippen molar-refractivity contribution in [2.75, 3.05) is 26.7 Å². The van der Waals surface area contributed by atoms with E-state index in [0.29, 0.717) is 33.9 Å². The van der Waals surface area contributed by atoms with E-state index in [0.717, 1.165) is 8.95 Å². The summed E-state index contributed by atoms with van der Waals surface area (Å²) in [5.41, 5.74) is 8.15. The summed E-state index contributed by atoms with van der Waals surface area (Å²) in [5.74, 6) is -1.16. The molecule has 0 amide bonds. The molecule has 52 heavy (non-hydrogen) atoms. The highest BCUT2D eigenvalue weighted by molar-refractivity contribution is 9.10. The number of benzene rings is 2. The molecule has 0 bridgehead atoms. The molecule has 13 nitrogen and oxygen atoms in total. The van der Waals surface area contributed by atoms with Gasteiger partial charge in [-0.1, -0.05) is 44.0 Å². The number of carbonyl (C=O) groups excluding carboxylic acids is 1. The molecule has 19 heteroatoms. The monoisotopic (exact) mass is 883 g/mol. The lowest BCUT2D eigenvalue weighted by atomic mass is 10.2. The van der Waals surface area contributed by atoms with Gasteiger partial charge in [-0.2, -0.15) is 8.78 Å². The predicted molar refractivity (Wildman–Crippen MR) is 200 cm³/mol. The zero-order valence-electron chi connectivity index (χ0n) is 27.7. The van der Waals surface area contributed by atoms with E-state index in [1.165, 1.54) is 21.0 Å². The number of anilines is 2. The zero-order valence-corrected chi connectivity index (χ0v) is 32.5. The highest BCUT2D eigenvalue weighted by Crippen LogP contribution is 2.27. The summed E-state index contributed by atoms with van der Waals surface area (Å²) >= 11 is 6.69. The molecule has 0 spiro atoms. The van der Waals surface area contributed by atoms with Gasteiger partial charge >= 0.3 is 6.43 Å². The first-order chi connectivity index (χ1) is 24.7. The van der Waals surface area contributed by atoms with Crippen molar-refractivity contribution in [2.24, 2.45) is 5.73 Å². The molecule has 0 radical (unpaired) electrons. The fourth-order valence-electron chi connectivity index (χ4n) is 4.45. The van der Waals surface area contributed by atoms with Crippen LogP contribution in [0, 0.1) is 0 Å². The van der Waals surface area contributed by atoms with Gasteiger partial charge in [-0.3, -0.25) is 23.4 Å². The van der Waals surface area contributed by atoms with E-state index >= 15 is 0 Å². The summed E-state index contributed by atoms with van der Waals surface area (Å²) in [6, 6.07) is 20.4. The number of aromatic nitrogens is 4. The minimum Gasteiger partial charge on any atom is -0.415 e.